The zero-order valence-corrected chi connectivity index (χ0v) is 11.3. The average Bonchev–Trinajstić information content (AvgIpc) is 3.07. The van der Waals surface area contributed by atoms with Crippen LogP contribution in [0.25, 0.3) is 22.3 Å². The normalized spacial score (nSPS) is 10.9. The predicted molar refractivity (Wildman–Crippen MR) is 72.1 cm³/mol. The molecule has 3 heterocycles. The van der Waals surface area contributed by atoms with Gasteiger partial charge in [0.1, 0.15) is 17.9 Å². The number of hydrogen-bond donors (Lipinski definition) is 1. The van der Waals surface area contributed by atoms with Crippen LogP contribution in [0.2, 0.25) is 5.02 Å². The summed E-state index contributed by atoms with van der Waals surface area (Å²) in [5.74, 6) is -0.394. The van der Waals surface area contributed by atoms with Crippen molar-refractivity contribution < 1.29 is 9.53 Å². The van der Waals surface area contributed by atoms with Crippen molar-refractivity contribution in [2.75, 3.05) is 7.11 Å². The molecule has 0 atom stereocenters. The van der Waals surface area contributed by atoms with Crippen LogP contribution in [0.5, 0.6) is 0 Å². The van der Waals surface area contributed by atoms with E-state index in [-0.39, 0.29) is 6.54 Å². The molecule has 0 fully saturated rings. The summed E-state index contributed by atoms with van der Waals surface area (Å²) >= 11 is 6.19. The fraction of sp³-hybridized carbons (Fsp3) is 0.167. The third kappa shape index (κ3) is 2.12. The number of rotatable bonds is 3. The zero-order chi connectivity index (χ0) is 14.1. The fourth-order valence-electron chi connectivity index (χ4n) is 1.93. The van der Waals surface area contributed by atoms with Gasteiger partial charge in [0.15, 0.2) is 0 Å². The molecule has 0 radical (unpaired) electrons. The highest BCUT2D eigenvalue weighted by Crippen LogP contribution is 2.32. The van der Waals surface area contributed by atoms with Crippen LogP contribution >= 0.6 is 11.6 Å². The lowest BCUT2D eigenvalue weighted by Crippen LogP contribution is -2.11. The van der Waals surface area contributed by atoms with Gasteiger partial charge in [0.05, 0.1) is 18.3 Å². The van der Waals surface area contributed by atoms with Gasteiger partial charge in [0.2, 0.25) is 0 Å². The van der Waals surface area contributed by atoms with Crippen LogP contribution in [0.3, 0.4) is 0 Å². The summed E-state index contributed by atoms with van der Waals surface area (Å²) in [5.41, 5.74) is 2.02. The average molecular weight is 292 g/mol. The quantitative estimate of drug-likeness (QED) is 0.742. The summed E-state index contributed by atoms with van der Waals surface area (Å²) in [6, 6.07) is 1.86. The third-order valence-corrected chi connectivity index (χ3v) is 3.14. The largest absolute Gasteiger partial charge is 0.468 e. The molecule has 3 aromatic rings. The number of esters is 1. The van der Waals surface area contributed by atoms with Crippen molar-refractivity contribution in [1.29, 1.82) is 0 Å². The zero-order valence-electron chi connectivity index (χ0n) is 10.5. The molecule has 8 heteroatoms. The highest BCUT2D eigenvalue weighted by Gasteiger charge is 2.14. The highest BCUT2D eigenvalue weighted by atomic mass is 35.5. The van der Waals surface area contributed by atoms with Crippen molar-refractivity contribution in [3.05, 3.63) is 29.7 Å². The van der Waals surface area contributed by atoms with Gasteiger partial charge in [-0.3, -0.25) is 4.79 Å². The van der Waals surface area contributed by atoms with Gasteiger partial charge in [-0.25, -0.2) is 9.67 Å². The van der Waals surface area contributed by atoms with Crippen LogP contribution in [0, 0.1) is 0 Å². The van der Waals surface area contributed by atoms with E-state index < -0.39 is 5.97 Å². The van der Waals surface area contributed by atoms with Crippen molar-refractivity contribution in [1.82, 2.24) is 25.0 Å². The molecule has 0 bridgehead atoms. The number of nitrogens with zero attached hydrogens (tertiary/aromatic N) is 4. The minimum Gasteiger partial charge on any atom is -0.468 e. The van der Waals surface area contributed by atoms with E-state index in [1.807, 2.05) is 6.07 Å². The molecule has 0 aliphatic carbocycles. The predicted octanol–water partition coefficient (Wildman–Crippen LogP) is 1.65. The first kappa shape index (κ1) is 12.6. The van der Waals surface area contributed by atoms with Gasteiger partial charge in [-0.1, -0.05) is 16.8 Å². The Hall–Kier alpha value is -2.41. The Morgan fingerprint density at radius 2 is 2.40 bits per heavy atom. The van der Waals surface area contributed by atoms with Crippen molar-refractivity contribution >= 4 is 28.6 Å². The number of aromatic nitrogens is 5. The molecular formula is C12H10ClN5O2. The highest BCUT2D eigenvalue weighted by molar-refractivity contribution is 6.34. The van der Waals surface area contributed by atoms with Crippen LogP contribution < -0.4 is 0 Å². The molecule has 0 saturated heterocycles. The number of halogens is 1. The summed E-state index contributed by atoms with van der Waals surface area (Å²) < 4.78 is 5.98. The van der Waals surface area contributed by atoms with Crippen LogP contribution in [0.4, 0.5) is 0 Å². The second-order valence-electron chi connectivity index (χ2n) is 4.10. The topological polar surface area (TPSA) is 85.7 Å². The second kappa shape index (κ2) is 4.93. The Morgan fingerprint density at radius 3 is 3.20 bits per heavy atom. The van der Waals surface area contributed by atoms with E-state index in [1.165, 1.54) is 11.8 Å². The van der Waals surface area contributed by atoms with Gasteiger partial charge in [-0.05, 0) is 6.07 Å². The van der Waals surface area contributed by atoms with E-state index in [0.717, 1.165) is 10.9 Å². The van der Waals surface area contributed by atoms with Crippen molar-refractivity contribution in [2.45, 2.75) is 6.54 Å². The van der Waals surface area contributed by atoms with Crippen molar-refractivity contribution in [2.24, 2.45) is 0 Å². The van der Waals surface area contributed by atoms with Gasteiger partial charge < -0.3 is 9.72 Å². The lowest BCUT2D eigenvalue weighted by molar-refractivity contribution is -0.141. The first-order valence-electron chi connectivity index (χ1n) is 5.78. The summed E-state index contributed by atoms with van der Waals surface area (Å²) in [7, 11) is 1.32. The van der Waals surface area contributed by atoms with E-state index in [4.69, 9.17) is 11.6 Å². The number of carbonyl (C=O) groups is 1. The lowest BCUT2D eigenvalue weighted by Gasteiger charge is -2.01. The minimum atomic E-state index is -0.394. The van der Waals surface area contributed by atoms with Crippen LogP contribution in [0.1, 0.15) is 0 Å². The Balaban J connectivity index is 2.05. The van der Waals surface area contributed by atoms with Gasteiger partial charge in [0.25, 0.3) is 0 Å². The summed E-state index contributed by atoms with van der Waals surface area (Å²) in [5, 5.41) is 9.26. The SMILES string of the molecule is COC(=O)Cn1cc(-c2c(Cl)cnc3[nH]ccc23)nn1. The van der Waals surface area contributed by atoms with Crippen molar-refractivity contribution in [3.8, 4) is 11.3 Å². The molecule has 3 rings (SSSR count). The number of hydrogen-bond acceptors (Lipinski definition) is 5. The van der Waals surface area contributed by atoms with E-state index in [9.17, 15) is 4.79 Å². The summed E-state index contributed by atoms with van der Waals surface area (Å²) in [6.07, 6.45) is 4.97. The molecule has 102 valence electrons. The number of H-pyrrole nitrogens is 1. The van der Waals surface area contributed by atoms with E-state index in [1.54, 1.807) is 18.6 Å². The van der Waals surface area contributed by atoms with Crippen LogP contribution in [0.15, 0.2) is 24.7 Å². The molecule has 0 aliphatic rings. The monoisotopic (exact) mass is 291 g/mol. The van der Waals surface area contributed by atoms with Gasteiger partial charge in [-0.15, -0.1) is 5.10 Å². The second-order valence-corrected chi connectivity index (χ2v) is 4.51. The number of fused-ring (bicyclic) bond motifs is 1. The molecule has 0 unspecified atom stereocenters. The van der Waals surface area contributed by atoms with Gasteiger partial charge in [0, 0.05) is 23.3 Å². The van der Waals surface area contributed by atoms with E-state index in [2.05, 4.69) is 25.0 Å². The molecule has 0 aromatic carbocycles. The van der Waals surface area contributed by atoms with Gasteiger partial charge >= 0.3 is 5.97 Å². The number of aromatic amines is 1. The van der Waals surface area contributed by atoms with E-state index >= 15 is 0 Å². The molecule has 20 heavy (non-hydrogen) atoms. The summed E-state index contributed by atoms with van der Waals surface area (Å²) in [4.78, 5) is 18.4. The third-order valence-electron chi connectivity index (χ3n) is 2.85. The Bertz CT molecular complexity index is 779. The number of pyridine rings is 1. The molecule has 0 spiro atoms. The van der Waals surface area contributed by atoms with Crippen molar-refractivity contribution in [3.63, 3.8) is 0 Å². The number of carbonyl (C=O) groups excluding carboxylic acids is 1. The lowest BCUT2D eigenvalue weighted by atomic mass is 10.1. The maximum absolute atomic E-state index is 11.2. The van der Waals surface area contributed by atoms with Gasteiger partial charge in [-0.2, -0.15) is 0 Å². The molecule has 3 aromatic heterocycles. The first-order valence-corrected chi connectivity index (χ1v) is 6.15. The standard InChI is InChI=1S/C12H10ClN5O2/c1-20-10(19)6-18-5-9(16-17-18)11-7-2-3-14-12(7)15-4-8(11)13/h2-5H,6H2,1H3,(H,14,15). The Morgan fingerprint density at radius 1 is 1.55 bits per heavy atom. The maximum atomic E-state index is 11.2. The smallest absolute Gasteiger partial charge is 0.327 e. The Kier molecular flexibility index (Phi) is 3.11. The molecular weight excluding hydrogens is 282 g/mol. The maximum Gasteiger partial charge on any atom is 0.327 e. The van der Waals surface area contributed by atoms with Crippen LogP contribution in [-0.2, 0) is 16.1 Å². The fourth-order valence-corrected chi connectivity index (χ4v) is 2.18. The molecule has 0 amide bonds. The van der Waals surface area contributed by atoms with Crippen LogP contribution in [-0.4, -0.2) is 38.0 Å². The molecule has 7 nitrogen and oxygen atoms in total. The summed E-state index contributed by atoms with van der Waals surface area (Å²) in [6.45, 7) is 0.00246. The number of nitrogens with one attached hydrogen (secondary N) is 1. The number of ether oxygens (including phenoxy) is 1. The Labute approximate surface area is 118 Å². The molecule has 0 saturated carbocycles. The van der Waals surface area contributed by atoms with E-state index in [0.29, 0.717) is 16.4 Å². The minimum absolute atomic E-state index is 0.00246. The molecule has 1 N–H and O–H groups in total. The number of methoxy groups -OCH3 is 1. The first-order chi connectivity index (χ1) is 9.69. The molecule has 0 aliphatic heterocycles.